The van der Waals surface area contributed by atoms with Crippen molar-refractivity contribution in [1.82, 2.24) is 0 Å². The van der Waals surface area contributed by atoms with E-state index in [4.69, 9.17) is 21.9 Å². The molecule has 28 heavy (non-hydrogen) atoms. The lowest BCUT2D eigenvalue weighted by atomic mass is 9.90. The van der Waals surface area contributed by atoms with E-state index in [1.807, 2.05) is 0 Å². The minimum absolute atomic E-state index is 0.277. The predicted molar refractivity (Wildman–Crippen MR) is 102 cm³/mol. The second-order valence-corrected chi connectivity index (χ2v) is 6.57. The van der Waals surface area contributed by atoms with Gasteiger partial charge in [0.05, 0.1) is 13.7 Å². The van der Waals surface area contributed by atoms with Gasteiger partial charge in [0, 0.05) is 19.4 Å². The van der Waals surface area contributed by atoms with E-state index in [0.29, 0.717) is 0 Å². The first kappa shape index (κ1) is 7.91. The average molecular weight is 423 g/mol. The third-order valence-electron chi connectivity index (χ3n) is 3.26. The van der Waals surface area contributed by atoms with Crippen molar-refractivity contribution in [3.05, 3.63) is 77.6 Å². The fraction of sp³-hybridized carbons (Fsp3) is 0.143. The highest BCUT2D eigenvalue weighted by Crippen LogP contribution is 2.45. The Morgan fingerprint density at radius 1 is 0.857 bits per heavy atom. The quantitative estimate of drug-likeness (QED) is 0.390. The van der Waals surface area contributed by atoms with Crippen LogP contribution in [0.4, 0.5) is 13.2 Å². The Hall–Kier alpha value is -2.80. The predicted octanol–water partition coefficient (Wildman–Crippen LogP) is 5.87. The molecule has 0 N–H and O–H groups in total. The summed E-state index contributed by atoms with van der Waals surface area (Å²) in [6.07, 6.45) is 0. The van der Waals surface area contributed by atoms with Gasteiger partial charge in [-0.1, -0.05) is 66.5 Å². The molecule has 0 radical (unpaired) electrons. The standard InChI is InChI=1S/C21H17F3O3S/c1-14-13-15(2)19(17-11-7-4-8-12-17)20(27-28(25,26)21(22,23)24)18(14)16-9-5-3-6-10-16/h3-13H,1-2H3/i1D3,2D3,3D,4D,5D,6D,7D,8D,9D,10D,11D,12D. The summed E-state index contributed by atoms with van der Waals surface area (Å²) < 4.78 is 199. The summed E-state index contributed by atoms with van der Waals surface area (Å²) in [5.74, 6) is -1.92. The van der Waals surface area contributed by atoms with Gasteiger partial charge < -0.3 is 4.18 Å². The van der Waals surface area contributed by atoms with Crippen molar-refractivity contribution >= 4 is 10.1 Å². The van der Waals surface area contributed by atoms with E-state index in [-0.39, 0.29) is 6.07 Å². The van der Waals surface area contributed by atoms with Gasteiger partial charge in [-0.15, -0.1) is 0 Å². The molecule has 0 spiro atoms. The molecule has 0 fully saturated rings. The molecule has 0 aromatic heterocycles. The summed E-state index contributed by atoms with van der Waals surface area (Å²) in [5, 5.41) is 0. The second kappa shape index (κ2) is 7.31. The Labute approximate surface area is 184 Å². The number of halogens is 3. The number of hydrogen-bond donors (Lipinski definition) is 0. The molecule has 0 unspecified atom stereocenters. The van der Waals surface area contributed by atoms with Crippen LogP contribution in [0.2, 0.25) is 0 Å². The van der Waals surface area contributed by atoms with Crippen LogP contribution < -0.4 is 4.18 Å². The summed E-state index contributed by atoms with van der Waals surface area (Å²) >= 11 is 0. The molecule has 0 aliphatic heterocycles. The molecule has 0 amide bonds. The maximum atomic E-state index is 13.7. The van der Waals surface area contributed by atoms with Crippen molar-refractivity contribution in [3.8, 4) is 28.0 Å². The van der Waals surface area contributed by atoms with Gasteiger partial charge in [0.2, 0.25) is 0 Å². The smallest absolute Gasteiger partial charge is 0.375 e. The van der Waals surface area contributed by atoms with Gasteiger partial charge in [0.1, 0.15) is 0 Å². The van der Waals surface area contributed by atoms with Crippen LogP contribution in [0.3, 0.4) is 0 Å². The van der Waals surface area contributed by atoms with Gasteiger partial charge in [-0.2, -0.15) is 21.6 Å². The fourth-order valence-corrected chi connectivity index (χ4v) is 2.63. The molecule has 0 saturated carbocycles. The largest absolute Gasteiger partial charge is 0.534 e. The Bertz CT molecular complexity index is 1650. The molecule has 0 atom stereocenters. The molecule has 3 nitrogen and oxygen atoms in total. The molecule has 0 bridgehead atoms. The van der Waals surface area contributed by atoms with Crippen molar-refractivity contribution < 1.29 is 47.7 Å². The summed E-state index contributed by atoms with van der Waals surface area (Å²) in [6.45, 7) is -7.23. The lowest BCUT2D eigenvalue weighted by Gasteiger charge is -2.21. The monoisotopic (exact) mass is 422 g/mol. The summed E-state index contributed by atoms with van der Waals surface area (Å²) in [7, 11) is -6.92. The van der Waals surface area contributed by atoms with Crippen molar-refractivity contribution in [1.29, 1.82) is 0 Å². The Kier molecular flexibility index (Phi) is 2.07. The Morgan fingerprint density at radius 2 is 1.29 bits per heavy atom. The zero-order valence-electron chi connectivity index (χ0n) is 29.3. The fourth-order valence-electron chi connectivity index (χ4n) is 2.14. The highest BCUT2D eigenvalue weighted by atomic mass is 32.2. The van der Waals surface area contributed by atoms with Crippen LogP contribution in [0.1, 0.15) is 33.1 Å². The molecule has 0 aliphatic rings. The third kappa shape index (κ3) is 3.75. The van der Waals surface area contributed by atoms with Gasteiger partial charge in [-0.3, -0.25) is 0 Å². The number of aryl methyl sites for hydroxylation is 2. The van der Waals surface area contributed by atoms with Gasteiger partial charge >= 0.3 is 15.6 Å². The van der Waals surface area contributed by atoms with Gasteiger partial charge in [-0.05, 0) is 36.0 Å². The highest BCUT2D eigenvalue weighted by molar-refractivity contribution is 7.88. The van der Waals surface area contributed by atoms with Crippen molar-refractivity contribution in [3.63, 3.8) is 0 Å². The van der Waals surface area contributed by atoms with Gasteiger partial charge in [-0.25, -0.2) is 0 Å². The minimum Gasteiger partial charge on any atom is -0.375 e. The van der Waals surface area contributed by atoms with E-state index in [1.54, 1.807) is 0 Å². The zero-order chi connectivity index (χ0) is 34.2. The molecule has 3 aromatic rings. The molecule has 3 rings (SSSR count). The Morgan fingerprint density at radius 3 is 1.64 bits per heavy atom. The van der Waals surface area contributed by atoms with Crippen LogP contribution in [0, 0.1) is 13.7 Å². The van der Waals surface area contributed by atoms with E-state index in [0.717, 1.165) is 0 Å². The van der Waals surface area contributed by atoms with Crippen LogP contribution in [0.5, 0.6) is 5.75 Å². The average Bonchev–Trinajstić information content (AvgIpc) is 2.87. The Balaban J connectivity index is 2.94. The van der Waals surface area contributed by atoms with Crippen LogP contribution in [0.25, 0.3) is 22.3 Å². The first-order valence-corrected chi connectivity index (χ1v) is 8.46. The van der Waals surface area contributed by atoms with Gasteiger partial charge in [0.15, 0.2) is 5.75 Å². The molecule has 0 saturated heterocycles. The first-order valence-electron chi connectivity index (χ1n) is 15.1. The highest BCUT2D eigenvalue weighted by Gasteiger charge is 2.49. The lowest BCUT2D eigenvalue weighted by molar-refractivity contribution is -0.0499. The lowest BCUT2D eigenvalue weighted by Crippen LogP contribution is -2.28. The maximum Gasteiger partial charge on any atom is 0.534 e. The second-order valence-electron chi connectivity index (χ2n) is 5.03. The number of alkyl halides is 3. The molecular weight excluding hydrogens is 389 g/mol. The molecule has 0 heterocycles. The molecule has 0 aliphatic carbocycles. The van der Waals surface area contributed by atoms with E-state index in [9.17, 15) is 21.6 Å². The van der Waals surface area contributed by atoms with Crippen LogP contribution >= 0.6 is 0 Å². The molecular formula is C21H17F3O3S. The van der Waals surface area contributed by atoms with Crippen LogP contribution in [-0.4, -0.2) is 13.9 Å². The van der Waals surface area contributed by atoms with E-state index in [2.05, 4.69) is 4.18 Å². The summed E-state index contributed by atoms with van der Waals surface area (Å²) in [5.41, 5.74) is -14.4. The van der Waals surface area contributed by atoms with Crippen LogP contribution in [0.15, 0.2) is 66.5 Å². The van der Waals surface area contributed by atoms with E-state index in [1.165, 1.54) is 0 Å². The molecule has 146 valence electrons. The molecule has 3 aromatic carbocycles. The number of hydrogen-bond acceptors (Lipinski definition) is 3. The zero-order valence-corrected chi connectivity index (χ0v) is 14.2. The number of rotatable bonds is 4. The van der Waals surface area contributed by atoms with Crippen molar-refractivity contribution in [2.24, 2.45) is 0 Å². The van der Waals surface area contributed by atoms with Crippen molar-refractivity contribution in [2.75, 3.05) is 0 Å². The molecule has 7 heteroatoms. The van der Waals surface area contributed by atoms with Crippen molar-refractivity contribution in [2.45, 2.75) is 19.2 Å². The van der Waals surface area contributed by atoms with Gasteiger partial charge in [0.25, 0.3) is 0 Å². The van der Waals surface area contributed by atoms with E-state index < -0.39 is 129 Å². The SMILES string of the molecule is [2H]c1c([2H])c([2H])c(-c2c(C([2H])([2H])[2H])cc(C([2H])([2H])[2H])c(-c3c([2H])c([2H])c([2H])c([2H])c3[2H])c2OS(=O)(=O)C(F)(F)F)c([2H])c1[2H]. The third-order valence-corrected chi connectivity index (χ3v) is 4.21. The maximum absolute atomic E-state index is 13.7. The minimum atomic E-state index is -6.92. The number of benzene rings is 3. The van der Waals surface area contributed by atoms with Crippen LogP contribution in [-0.2, 0) is 10.1 Å². The summed E-state index contributed by atoms with van der Waals surface area (Å²) in [4.78, 5) is 0. The first-order chi connectivity index (χ1) is 19.7. The van der Waals surface area contributed by atoms with E-state index >= 15 is 0 Å². The normalized spacial score (nSPS) is 21.1. The topological polar surface area (TPSA) is 43.4 Å². The summed E-state index contributed by atoms with van der Waals surface area (Å²) in [6, 6.07) is -11.7.